The van der Waals surface area contributed by atoms with Gasteiger partial charge in [0, 0.05) is 40.8 Å². The summed E-state index contributed by atoms with van der Waals surface area (Å²) >= 11 is 0. The maximum Gasteiger partial charge on any atom is 0.328 e. The van der Waals surface area contributed by atoms with Crippen LogP contribution in [-0.2, 0) is 44.6 Å². The number of hydrogen-bond donors (Lipinski definition) is 3. The van der Waals surface area contributed by atoms with Crippen molar-refractivity contribution in [1.82, 2.24) is 20.4 Å². The molecule has 13 nitrogen and oxygen atoms in total. The first-order valence-corrected chi connectivity index (χ1v) is 18.5. The highest BCUT2D eigenvalue weighted by atomic mass is 16.5. The molecule has 1 aliphatic rings. The number of nitrogens with zero attached hydrogens (tertiary/aromatic N) is 2. The number of carbonyl (C=O) groups is 5. The highest BCUT2D eigenvalue weighted by Gasteiger charge is 2.43. The van der Waals surface area contributed by atoms with E-state index in [1.165, 1.54) is 21.3 Å². The highest BCUT2D eigenvalue weighted by Crippen LogP contribution is 2.30. The lowest BCUT2D eigenvalue weighted by atomic mass is 9.88. The minimum Gasteiger partial charge on any atom is -0.467 e. The molecule has 0 saturated carbocycles. The number of nitrogens with one attached hydrogen (secondary N) is 2. The van der Waals surface area contributed by atoms with Crippen LogP contribution in [0.4, 0.5) is 0 Å². The fourth-order valence-corrected chi connectivity index (χ4v) is 6.96. The molecule has 0 bridgehead atoms. The van der Waals surface area contributed by atoms with Crippen molar-refractivity contribution in [2.75, 3.05) is 41.5 Å². The number of ether oxygens (including phenoxy) is 3. The predicted molar refractivity (Wildman–Crippen MR) is 200 cm³/mol. The summed E-state index contributed by atoms with van der Waals surface area (Å²) in [4.78, 5) is 70.9. The van der Waals surface area contributed by atoms with Crippen LogP contribution < -0.4 is 16.4 Å². The molecule has 2 unspecified atom stereocenters. The predicted octanol–water partition coefficient (Wildman–Crippen LogP) is 2.93. The molecule has 0 radical (unpaired) electrons. The molecule has 4 N–H and O–H groups in total. The molecular weight excluding hydrogens is 666 g/mol. The van der Waals surface area contributed by atoms with Crippen molar-refractivity contribution in [2.24, 2.45) is 28.9 Å². The van der Waals surface area contributed by atoms with Crippen molar-refractivity contribution < 1.29 is 38.2 Å². The highest BCUT2D eigenvalue weighted by molar-refractivity contribution is 5.90. The fourth-order valence-electron chi connectivity index (χ4n) is 6.96. The van der Waals surface area contributed by atoms with Crippen molar-refractivity contribution in [1.29, 1.82) is 0 Å². The van der Waals surface area contributed by atoms with Gasteiger partial charge < -0.3 is 40.4 Å². The van der Waals surface area contributed by atoms with E-state index in [2.05, 4.69) is 10.6 Å². The molecule has 1 heterocycles. The van der Waals surface area contributed by atoms with Gasteiger partial charge in [-0.2, -0.15) is 0 Å². The number of benzene rings is 1. The van der Waals surface area contributed by atoms with Gasteiger partial charge in [0.2, 0.25) is 23.6 Å². The smallest absolute Gasteiger partial charge is 0.328 e. The second-order valence-corrected chi connectivity index (χ2v) is 15.1. The van der Waals surface area contributed by atoms with Gasteiger partial charge in [-0.15, -0.1) is 0 Å². The molecule has 294 valence electrons. The van der Waals surface area contributed by atoms with Crippen LogP contribution in [0.1, 0.15) is 79.7 Å². The minimum atomic E-state index is -0.892. The molecule has 1 aliphatic heterocycles. The molecule has 52 heavy (non-hydrogen) atoms. The van der Waals surface area contributed by atoms with E-state index < -0.39 is 53.7 Å². The molecular formula is C39H65N5O8. The zero-order chi connectivity index (χ0) is 39.3. The van der Waals surface area contributed by atoms with E-state index in [1.807, 2.05) is 58.0 Å². The van der Waals surface area contributed by atoms with E-state index in [9.17, 15) is 24.0 Å². The lowest BCUT2D eigenvalue weighted by molar-refractivity contribution is -0.149. The van der Waals surface area contributed by atoms with Gasteiger partial charge in [-0.3, -0.25) is 19.2 Å². The Morgan fingerprint density at radius 3 is 2.15 bits per heavy atom. The van der Waals surface area contributed by atoms with Gasteiger partial charge >= 0.3 is 5.97 Å². The van der Waals surface area contributed by atoms with E-state index in [-0.39, 0.29) is 54.9 Å². The van der Waals surface area contributed by atoms with Crippen LogP contribution in [0.25, 0.3) is 0 Å². The Morgan fingerprint density at radius 1 is 1.00 bits per heavy atom. The van der Waals surface area contributed by atoms with E-state index >= 15 is 0 Å². The van der Waals surface area contributed by atoms with E-state index in [0.717, 1.165) is 18.4 Å². The Hall–Kier alpha value is -3.55. The normalized spacial score (nSPS) is 18.8. The van der Waals surface area contributed by atoms with E-state index in [0.29, 0.717) is 13.0 Å². The summed E-state index contributed by atoms with van der Waals surface area (Å²) in [7, 11) is 6.04. The molecule has 8 atom stereocenters. The first-order valence-electron chi connectivity index (χ1n) is 18.5. The van der Waals surface area contributed by atoms with Crippen molar-refractivity contribution in [3.05, 3.63) is 35.9 Å². The molecule has 2 rings (SSSR count). The maximum atomic E-state index is 14.1. The van der Waals surface area contributed by atoms with E-state index in [4.69, 9.17) is 19.9 Å². The van der Waals surface area contributed by atoms with Crippen LogP contribution in [-0.4, -0.2) is 117 Å². The molecule has 1 saturated heterocycles. The Bertz CT molecular complexity index is 1320. The second-order valence-electron chi connectivity index (χ2n) is 15.1. The quantitative estimate of drug-likeness (QED) is 0.171. The van der Waals surface area contributed by atoms with Crippen LogP contribution in [0.5, 0.6) is 0 Å². The van der Waals surface area contributed by atoms with Gasteiger partial charge in [-0.05, 0) is 44.1 Å². The number of methoxy groups -OCH3 is 3. The number of carbonyl (C=O) groups excluding carboxylic acids is 5. The van der Waals surface area contributed by atoms with Gasteiger partial charge in [0.05, 0.1) is 49.2 Å². The van der Waals surface area contributed by atoms with Crippen LogP contribution >= 0.6 is 0 Å². The molecule has 1 aromatic rings. The van der Waals surface area contributed by atoms with Crippen molar-refractivity contribution >= 4 is 29.6 Å². The lowest BCUT2D eigenvalue weighted by Crippen LogP contribution is -2.59. The van der Waals surface area contributed by atoms with Crippen molar-refractivity contribution in [2.45, 2.75) is 117 Å². The summed E-state index contributed by atoms with van der Waals surface area (Å²) in [6.07, 6.45) is 1.04. The number of hydrogen-bond acceptors (Lipinski definition) is 9. The minimum absolute atomic E-state index is 0.00294. The summed E-state index contributed by atoms with van der Waals surface area (Å²) in [5.41, 5.74) is 5.86. The number of esters is 1. The van der Waals surface area contributed by atoms with Gasteiger partial charge in [0.15, 0.2) is 0 Å². The SMILES string of the molecule is CC[C@H](C)[C@@H]([C@@H](CC(=O)N1CCCC1C(OC)[C@@H](C)C(=O)N[C@@H](Cc1ccccc1)C(=O)OC)OC)N(C)C(=O)[C@@H](NC(=O)C(C)(C)CN)C(C)C. The first-order chi connectivity index (χ1) is 24.5. The summed E-state index contributed by atoms with van der Waals surface area (Å²) in [6.45, 7) is 13.6. The van der Waals surface area contributed by atoms with Crippen LogP contribution in [0.3, 0.4) is 0 Å². The standard InChI is InChI=1S/C39H65N5O8/c1-12-25(4)33(43(8)36(47)32(24(2)3)42-38(49)39(6,7)23-40)30(50-9)22-31(45)44-20-16-19-29(44)34(51-10)26(5)35(46)41-28(37(48)52-11)21-27-17-14-13-15-18-27/h13-15,17-18,24-26,28-30,32-34H,12,16,19-23,40H2,1-11H3,(H,41,46)(H,42,49)/t25-,26+,28-,29?,30+,32-,33-,34?/m0/s1. The summed E-state index contributed by atoms with van der Waals surface area (Å²) in [5, 5.41) is 5.77. The second kappa shape index (κ2) is 20.6. The van der Waals surface area contributed by atoms with Crippen molar-refractivity contribution in [3.8, 4) is 0 Å². The van der Waals surface area contributed by atoms with Crippen LogP contribution in [0, 0.1) is 23.2 Å². The van der Waals surface area contributed by atoms with Gasteiger partial charge in [0.25, 0.3) is 0 Å². The summed E-state index contributed by atoms with van der Waals surface area (Å²) in [5.74, 6) is -2.63. The zero-order valence-corrected chi connectivity index (χ0v) is 33.3. The van der Waals surface area contributed by atoms with Gasteiger partial charge in [-0.25, -0.2) is 4.79 Å². The number of nitrogens with two attached hydrogens (primary N) is 1. The Morgan fingerprint density at radius 2 is 1.63 bits per heavy atom. The molecule has 13 heteroatoms. The summed E-state index contributed by atoms with van der Waals surface area (Å²) in [6, 6.07) is 6.80. The largest absolute Gasteiger partial charge is 0.467 e. The number of amides is 4. The molecule has 0 spiro atoms. The topological polar surface area (TPSA) is 170 Å². The zero-order valence-electron chi connectivity index (χ0n) is 33.3. The summed E-state index contributed by atoms with van der Waals surface area (Å²) < 4.78 is 16.9. The molecule has 0 aromatic heterocycles. The van der Waals surface area contributed by atoms with Crippen LogP contribution in [0.2, 0.25) is 0 Å². The Kier molecular flexibility index (Phi) is 17.7. The molecule has 0 aliphatic carbocycles. The molecule has 4 amide bonds. The number of likely N-dealkylation sites (tertiary alicyclic amines) is 1. The number of likely N-dealkylation sites (N-methyl/N-ethyl adjacent to an activating group) is 1. The van der Waals surface area contributed by atoms with Crippen LogP contribution in [0.15, 0.2) is 30.3 Å². The fraction of sp³-hybridized carbons (Fsp3) is 0.718. The number of rotatable bonds is 20. The maximum absolute atomic E-state index is 14.1. The average molecular weight is 732 g/mol. The van der Waals surface area contributed by atoms with Crippen molar-refractivity contribution in [3.63, 3.8) is 0 Å². The average Bonchev–Trinajstić information content (AvgIpc) is 3.62. The lowest BCUT2D eigenvalue weighted by Gasteiger charge is -2.41. The monoisotopic (exact) mass is 731 g/mol. The van der Waals surface area contributed by atoms with E-state index in [1.54, 1.807) is 37.6 Å². The van der Waals surface area contributed by atoms with Gasteiger partial charge in [-0.1, -0.05) is 71.4 Å². The first kappa shape index (κ1) is 44.6. The molecule has 1 aromatic carbocycles. The Balaban J connectivity index is 2.28. The van der Waals surface area contributed by atoms with Gasteiger partial charge in [0.1, 0.15) is 12.1 Å². The third kappa shape index (κ3) is 11.5. The molecule has 1 fully saturated rings. The third-order valence-corrected chi connectivity index (χ3v) is 10.7. The third-order valence-electron chi connectivity index (χ3n) is 10.7. The Labute approximate surface area is 311 Å².